The van der Waals surface area contributed by atoms with E-state index in [1.807, 2.05) is 12.1 Å². The molecule has 0 bridgehead atoms. The molecule has 2 unspecified atom stereocenters. The van der Waals surface area contributed by atoms with Crippen molar-refractivity contribution in [2.75, 3.05) is 20.3 Å². The van der Waals surface area contributed by atoms with Crippen LogP contribution in [0.25, 0.3) is 0 Å². The van der Waals surface area contributed by atoms with Gasteiger partial charge >= 0.3 is 5.97 Å². The number of nitrogens with one attached hydrogen (secondary N) is 1. The molecule has 4 nitrogen and oxygen atoms in total. The van der Waals surface area contributed by atoms with Crippen molar-refractivity contribution in [1.29, 1.82) is 0 Å². The minimum absolute atomic E-state index is 0.209. The molecule has 1 fully saturated rings. The first-order chi connectivity index (χ1) is 8.70. The van der Waals surface area contributed by atoms with Crippen LogP contribution in [0.3, 0.4) is 0 Å². The van der Waals surface area contributed by atoms with Crippen LogP contribution in [-0.2, 0) is 14.3 Å². The fraction of sp³-hybridized carbons (Fsp3) is 0.583. The first kappa shape index (κ1) is 14.0. The Balaban J connectivity index is 1.98. The molecule has 1 saturated heterocycles. The molecular weight excluding hydrogens is 318 g/mol. The lowest BCUT2D eigenvalue weighted by atomic mass is 10.2. The highest BCUT2D eigenvalue weighted by Gasteiger charge is 2.25. The minimum atomic E-state index is -0.407. The van der Waals surface area contributed by atoms with Crippen LogP contribution in [-0.4, -0.2) is 32.3 Å². The fourth-order valence-electron chi connectivity index (χ4n) is 1.96. The van der Waals surface area contributed by atoms with Crippen LogP contribution < -0.4 is 5.32 Å². The molecule has 0 saturated carbocycles. The summed E-state index contributed by atoms with van der Waals surface area (Å²) in [6, 6.07) is 3.46. The quantitative estimate of drug-likeness (QED) is 0.841. The molecule has 0 aromatic carbocycles. The van der Waals surface area contributed by atoms with E-state index >= 15 is 0 Å². The lowest BCUT2D eigenvalue weighted by molar-refractivity contribution is -0.143. The zero-order valence-corrected chi connectivity index (χ0v) is 12.6. The van der Waals surface area contributed by atoms with Gasteiger partial charge in [0, 0.05) is 18.0 Å². The van der Waals surface area contributed by atoms with E-state index in [2.05, 4.69) is 21.2 Å². The predicted octanol–water partition coefficient (Wildman–Crippen LogP) is 2.49. The second-order valence-electron chi connectivity index (χ2n) is 4.14. The van der Waals surface area contributed by atoms with E-state index in [0.717, 1.165) is 28.1 Å². The topological polar surface area (TPSA) is 47.6 Å². The van der Waals surface area contributed by atoms with E-state index in [0.29, 0.717) is 6.54 Å². The maximum atomic E-state index is 11.8. The number of methoxy groups -OCH3 is 1. The number of halogens is 1. The van der Waals surface area contributed by atoms with Crippen LogP contribution in [0.1, 0.15) is 23.8 Å². The Labute approximate surface area is 119 Å². The zero-order valence-electron chi connectivity index (χ0n) is 10.1. The molecule has 1 N–H and O–H groups in total. The summed E-state index contributed by atoms with van der Waals surface area (Å²) in [5.74, 6) is -0.262. The molecule has 0 spiro atoms. The van der Waals surface area contributed by atoms with Gasteiger partial charge in [-0.3, -0.25) is 5.32 Å². The van der Waals surface area contributed by atoms with E-state index in [4.69, 9.17) is 9.47 Å². The molecule has 1 aromatic heterocycles. The minimum Gasteiger partial charge on any atom is -0.468 e. The number of hydrogen-bond acceptors (Lipinski definition) is 5. The lowest BCUT2D eigenvalue weighted by Gasteiger charge is -2.17. The van der Waals surface area contributed by atoms with Crippen molar-refractivity contribution in [3.05, 3.63) is 20.8 Å². The van der Waals surface area contributed by atoms with Crippen LogP contribution in [0, 0.1) is 0 Å². The Bertz CT molecular complexity index is 404. The number of esters is 1. The normalized spacial score (nSPS) is 20.9. The van der Waals surface area contributed by atoms with Gasteiger partial charge in [-0.1, -0.05) is 0 Å². The molecule has 0 amide bonds. The third-order valence-electron chi connectivity index (χ3n) is 2.89. The molecule has 2 heterocycles. The Morgan fingerprint density at radius 1 is 1.72 bits per heavy atom. The number of hydrogen-bond donors (Lipinski definition) is 1. The Morgan fingerprint density at radius 3 is 3.11 bits per heavy atom. The number of ether oxygens (including phenoxy) is 2. The van der Waals surface area contributed by atoms with Crippen molar-refractivity contribution in [3.8, 4) is 0 Å². The third-order valence-corrected chi connectivity index (χ3v) is 4.58. The van der Waals surface area contributed by atoms with Gasteiger partial charge in [0.15, 0.2) is 0 Å². The highest BCUT2D eigenvalue weighted by Crippen LogP contribution is 2.28. The molecule has 100 valence electrons. The van der Waals surface area contributed by atoms with Crippen LogP contribution in [0.2, 0.25) is 0 Å². The summed E-state index contributed by atoms with van der Waals surface area (Å²) in [7, 11) is 1.41. The monoisotopic (exact) mass is 333 g/mol. The second-order valence-corrected chi connectivity index (χ2v) is 6.64. The standard InChI is InChI=1S/C12H16BrNO3S/c1-16-12(15)11(9-4-5-10(13)18-9)14-7-8-3-2-6-17-8/h4-5,8,11,14H,2-3,6-7H2,1H3. The van der Waals surface area contributed by atoms with E-state index in [1.165, 1.54) is 18.4 Å². The number of carbonyl (C=O) groups excluding carboxylic acids is 1. The van der Waals surface area contributed by atoms with Crippen LogP contribution in [0.15, 0.2) is 15.9 Å². The molecular formula is C12H16BrNO3S. The molecule has 6 heteroatoms. The summed E-state index contributed by atoms with van der Waals surface area (Å²) in [4.78, 5) is 12.7. The SMILES string of the molecule is COC(=O)C(NCC1CCCO1)c1ccc(Br)s1. The van der Waals surface area contributed by atoms with Gasteiger partial charge in [-0.2, -0.15) is 0 Å². The highest BCUT2D eigenvalue weighted by atomic mass is 79.9. The van der Waals surface area contributed by atoms with E-state index in [1.54, 1.807) is 0 Å². The fourth-order valence-corrected chi connectivity index (χ4v) is 3.44. The highest BCUT2D eigenvalue weighted by molar-refractivity contribution is 9.11. The molecule has 2 atom stereocenters. The molecule has 1 aliphatic rings. The number of rotatable bonds is 5. The van der Waals surface area contributed by atoms with Crippen molar-refractivity contribution >= 4 is 33.2 Å². The van der Waals surface area contributed by atoms with Gasteiger partial charge in [-0.05, 0) is 40.9 Å². The Morgan fingerprint density at radius 2 is 2.56 bits per heavy atom. The Kier molecular flexibility index (Phi) is 5.17. The second kappa shape index (κ2) is 6.65. The number of thiophene rings is 1. The van der Waals surface area contributed by atoms with Crippen LogP contribution in [0.5, 0.6) is 0 Å². The van der Waals surface area contributed by atoms with Crippen molar-refractivity contribution in [2.24, 2.45) is 0 Å². The Hall–Kier alpha value is -0.430. The van der Waals surface area contributed by atoms with Gasteiger partial charge in [0.2, 0.25) is 0 Å². The van der Waals surface area contributed by atoms with Gasteiger partial charge in [-0.25, -0.2) is 4.79 Å². The van der Waals surface area contributed by atoms with Gasteiger partial charge in [0.1, 0.15) is 6.04 Å². The van der Waals surface area contributed by atoms with Crippen LogP contribution in [0.4, 0.5) is 0 Å². The van der Waals surface area contributed by atoms with Gasteiger partial charge < -0.3 is 9.47 Å². The summed E-state index contributed by atoms with van der Waals surface area (Å²) < 4.78 is 11.4. The first-order valence-electron chi connectivity index (χ1n) is 5.88. The summed E-state index contributed by atoms with van der Waals surface area (Å²) in [6.07, 6.45) is 2.36. The molecule has 0 aliphatic carbocycles. The predicted molar refractivity (Wildman–Crippen MR) is 73.8 cm³/mol. The molecule has 1 aliphatic heterocycles. The summed E-state index contributed by atoms with van der Waals surface area (Å²) in [5.41, 5.74) is 0. The van der Waals surface area contributed by atoms with Crippen LogP contribution >= 0.6 is 27.3 Å². The average molecular weight is 334 g/mol. The maximum Gasteiger partial charge on any atom is 0.328 e. The van der Waals surface area contributed by atoms with E-state index < -0.39 is 6.04 Å². The van der Waals surface area contributed by atoms with Crippen molar-refractivity contribution in [2.45, 2.75) is 25.0 Å². The average Bonchev–Trinajstić information content (AvgIpc) is 3.01. The third kappa shape index (κ3) is 3.54. The molecule has 0 radical (unpaired) electrons. The maximum absolute atomic E-state index is 11.8. The smallest absolute Gasteiger partial charge is 0.328 e. The van der Waals surface area contributed by atoms with Gasteiger partial charge in [-0.15, -0.1) is 11.3 Å². The largest absolute Gasteiger partial charge is 0.468 e. The van der Waals surface area contributed by atoms with Crippen molar-refractivity contribution in [1.82, 2.24) is 5.32 Å². The van der Waals surface area contributed by atoms with E-state index in [-0.39, 0.29) is 12.1 Å². The summed E-state index contributed by atoms with van der Waals surface area (Å²) in [5, 5.41) is 3.23. The molecule has 18 heavy (non-hydrogen) atoms. The van der Waals surface area contributed by atoms with Gasteiger partial charge in [0.25, 0.3) is 0 Å². The molecule has 1 aromatic rings. The van der Waals surface area contributed by atoms with Crippen molar-refractivity contribution in [3.63, 3.8) is 0 Å². The van der Waals surface area contributed by atoms with Crippen molar-refractivity contribution < 1.29 is 14.3 Å². The lowest BCUT2D eigenvalue weighted by Crippen LogP contribution is -2.34. The zero-order chi connectivity index (χ0) is 13.0. The summed E-state index contributed by atoms with van der Waals surface area (Å²) in [6.45, 7) is 1.50. The first-order valence-corrected chi connectivity index (χ1v) is 7.49. The number of carbonyl (C=O) groups is 1. The van der Waals surface area contributed by atoms with Gasteiger partial charge in [0.05, 0.1) is 17.0 Å². The van der Waals surface area contributed by atoms with E-state index in [9.17, 15) is 4.79 Å². The molecule has 2 rings (SSSR count). The summed E-state index contributed by atoms with van der Waals surface area (Å²) >= 11 is 4.94.